The molecule has 2 aliphatic heterocycles. The van der Waals surface area contributed by atoms with Crippen LogP contribution in [0.15, 0.2) is 101 Å². The van der Waals surface area contributed by atoms with Crippen molar-refractivity contribution in [3.63, 3.8) is 0 Å². The van der Waals surface area contributed by atoms with Crippen LogP contribution in [-0.2, 0) is 34.0 Å². The molecular formula is C30H25N3O10S2. The van der Waals surface area contributed by atoms with Gasteiger partial charge in [0.25, 0.3) is 16.5 Å². The van der Waals surface area contributed by atoms with E-state index in [0.29, 0.717) is 11.1 Å². The molecule has 2 atom stereocenters. The number of esters is 2. The molecule has 15 heteroatoms. The Balaban J connectivity index is 1.53. The van der Waals surface area contributed by atoms with Crippen LogP contribution in [0.1, 0.15) is 29.7 Å². The van der Waals surface area contributed by atoms with E-state index in [4.69, 9.17) is 9.47 Å². The summed E-state index contributed by atoms with van der Waals surface area (Å²) in [7, 11) is -5.22. The van der Waals surface area contributed by atoms with Gasteiger partial charge >= 0.3 is 22.1 Å². The maximum Gasteiger partial charge on any atom is 0.356 e. The fourth-order valence-corrected chi connectivity index (χ4v) is 7.63. The Morgan fingerprint density at radius 3 is 2.18 bits per heavy atom. The Kier molecular flexibility index (Phi) is 8.86. The van der Waals surface area contributed by atoms with Gasteiger partial charge in [-0.05, 0) is 28.8 Å². The second-order valence-corrected chi connectivity index (χ2v) is 12.6. The fraction of sp³-hybridized carbons (Fsp3) is 0.200. The molecular weight excluding hydrogens is 626 g/mol. The summed E-state index contributed by atoms with van der Waals surface area (Å²) in [4.78, 5) is 51.8. The zero-order valence-corrected chi connectivity index (χ0v) is 25.1. The molecule has 0 unspecified atom stereocenters. The number of hydrogen-bond donors (Lipinski definition) is 1. The van der Waals surface area contributed by atoms with Crippen molar-refractivity contribution in [3.8, 4) is 0 Å². The Hall–Kier alpha value is -4.86. The summed E-state index contributed by atoms with van der Waals surface area (Å²) >= 11 is 0.891. The average molecular weight is 652 g/mol. The van der Waals surface area contributed by atoms with Crippen LogP contribution in [0.3, 0.4) is 0 Å². The van der Waals surface area contributed by atoms with Gasteiger partial charge in [-0.1, -0.05) is 60.7 Å². The summed E-state index contributed by atoms with van der Waals surface area (Å²) in [6, 6.07) is 22.6. The van der Waals surface area contributed by atoms with Gasteiger partial charge in [-0.3, -0.25) is 34.1 Å². The number of amides is 1. The molecule has 45 heavy (non-hydrogen) atoms. The van der Waals surface area contributed by atoms with Gasteiger partial charge in [0.2, 0.25) is 0 Å². The number of nitrogens with zero attached hydrogens (tertiary/aromatic N) is 3. The molecule has 2 heterocycles. The van der Waals surface area contributed by atoms with Gasteiger partial charge < -0.3 is 9.47 Å². The van der Waals surface area contributed by atoms with Crippen LogP contribution in [0, 0.1) is 10.1 Å². The van der Waals surface area contributed by atoms with Crippen LogP contribution < -0.4 is 0 Å². The van der Waals surface area contributed by atoms with Crippen molar-refractivity contribution >= 4 is 51.6 Å². The summed E-state index contributed by atoms with van der Waals surface area (Å²) in [6.07, 6.45) is 0.0859. The summed E-state index contributed by atoms with van der Waals surface area (Å²) < 4.78 is 47.0. The van der Waals surface area contributed by atoms with E-state index in [1.807, 2.05) is 0 Å². The molecule has 0 saturated carbocycles. The van der Waals surface area contributed by atoms with Crippen molar-refractivity contribution in [3.05, 3.63) is 123 Å². The van der Waals surface area contributed by atoms with Gasteiger partial charge in [0.1, 0.15) is 17.7 Å². The van der Waals surface area contributed by atoms with E-state index in [9.17, 15) is 37.5 Å². The molecule has 232 valence electrons. The van der Waals surface area contributed by atoms with Gasteiger partial charge in [0.05, 0.1) is 4.92 Å². The van der Waals surface area contributed by atoms with Gasteiger partial charge in [0.15, 0.2) is 6.10 Å². The van der Waals surface area contributed by atoms with Crippen molar-refractivity contribution in [1.82, 2.24) is 4.90 Å². The summed E-state index contributed by atoms with van der Waals surface area (Å²) in [5, 5.41) is 9.58. The first-order chi connectivity index (χ1) is 21.4. The Morgan fingerprint density at radius 2 is 1.67 bits per heavy atom. The fourth-order valence-electron chi connectivity index (χ4n) is 4.88. The highest BCUT2D eigenvalue weighted by Gasteiger charge is 2.72. The Bertz CT molecular complexity index is 1770. The third-order valence-electron chi connectivity index (χ3n) is 7.06. The summed E-state index contributed by atoms with van der Waals surface area (Å²) in [5.41, 5.74) is 1.10. The highest BCUT2D eigenvalue weighted by Crippen LogP contribution is 2.51. The largest absolute Gasteiger partial charge is 0.461 e. The molecule has 13 nitrogen and oxygen atoms in total. The molecule has 1 fully saturated rings. The average Bonchev–Trinajstić information content (AvgIpc) is 3.02. The van der Waals surface area contributed by atoms with Gasteiger partial charge in [-0.15, -0.1) is 11.8 Å². The van der Waals surface area contributed by atoms with E-state index in [-0.39, 0.29) is 34.9 Å². The van der Waals surface area contributed by atoms with E-state index in [1.165, 1.54) is 31.2 Å². The standard InChI is InChI=1S/C30H25N3O10S2/c1-19(34)42-17-23-18-44-29-30(45(39,40)41,31-16-20-12-14-24(15-13-20)33(37)38)28(36)32(29)25(23)27(35)43-26(21-8-4-2-5-9-21)22-10-6-3-7-11-22/h2-16,26,29H,17-18H2,1H3,(H,39,40,41)/t29-,30-/m1/s1. The Labute approximate surface area is 261 Å². The predicted molar refractivity (Wildman–Crippen MR) is 163 cm³/mol. The molecule has 0 aliphatic carbocycles. The third-order valence-corrected chi connectivity index (χ3v) is 9.88. The Morgan fingerprint density at radius 1 is 1.09 bits per heavy atom. The number of benzene rings is 3. The van der Waals surface area contributed by atoms with Crippen molar-refractivity contribution < 1.29 is 41.8 Å². The van der Waals surface area contributed by atoms with Gasteiger partial charge in [-0.25, -0.2) is 4.79 Å². The molecule has 0 radical (unpaired) electrons. The number of nitro benzene ring substituents is 1. The summed E-state index contributed by atoms with van der Waals surface area (Å²) in [6.45, 7) is 0.790. The molecule has 0 bridgehead atoms. The van der Waals surface area contributed by atoms with E-state index >= 15 is 0 Å². The lowest BCUT2D eigenvalue weighted by Gasteiger charge is -2.53. The van der Waals surface area contributed by atoms with Crippen LogP contribution in [-0.4, -0.2) is 69.5 Å². The van der Waals surface area contributed by atoms with Crippen molar-refractivity contribution in [2.75, 3.05) is 12.4 Å². The lowest BCUT2D eigenvalue weighted by molar-refractivity contribution is -0.384. The third kappa shape index (κ3) is 6.09. The van der Waals surface area contributed by atoms with Gasteiger partial charge in [0, 0.05) is 36.6 Å². The van der Waals surface area contributed by atoms with E-state index < -0.39 is 49.2 Å². The number of non-ortho nitro benzene ring substituents is 1. The highest BCUT2D eigenvalue weighted by molar-refractivity contribution is 8.01. The predicted octanol–water partition coefficient (Wildman–Crippen LogP) is 3.66. The van der Waals surface area contributed by atoms with Crippen LogP contribution in [0.5, 0.6) is 0 Å². The molecule has 3 aromatic rings. The van der Waals surface area contributed by atoms with Crippen LogP contribution in [0.25, 0.3) is 0 Å². The maximum atomic E-state index is 13.9. The number of β-lactam (4-membered cyclic amide) rings is 1. The van der Waals surface area contributed by atoms with E-state index in [2.05, 4.69) is 4.99 Å². The number of thioether (sulfide) groups is 1. The second-order valence-electron chi connectivity index (χ2n) is 9.96. The molecule has 1 N–H and O–H groups in total. The first kappa shape index (κ1) is 31.6. The van der Waals surface area contributed by atoms with Crippen LogP contribution in [0.2, 0.25) is 0 Å². The molecule has 1 amide bonds. The zero-order chi connectivity index (χ0) is 32.4. The van der Waals surface area contributed by atoms with Crippen LogP contribution in [0.4, 0.5) is 5.69 Å². The smallest absolute Gasteiger partial charge is 0.356 e. The number of hydrogen-bond acceptors (Lipinski definition) is 11. The first-order valence-electron chi connectivity index (χ1n) is 13.3. The number of carbonyl (C=O) groups excluding carboxylic acids is 3. The zero-order valence-electron chi connectivity index (χ0n) is 23.5. The van der Waals surface area contributed by atoms with E-state index in [1.54, 1.807) is 60.7 Å². The quantitative estimate of drug-likeness (QED) is 0.0843. The van der Waals surface area contributed by atoms with E-state index in [0.717, 1.165) is 22.9 Å². The minimum atomic E-state index is -5.22. The minimum Gasteiger partial charge on any atom is -0.461 e. The highest BCUT2D eigenvalue weighted by atomic mass is 32.2. The van der Waals surface area contributed by atoms with Gasteiger partial charge in [-0.2, -0.15) is 8.42 Å². The monoisotopic (exact) mass is 651 g/mol. The molecule has 0 spiro atoms. The number of ether oxygens (including phenoxy) is 2. The normalized spacial score (nSPS) is 19.7. The molecule has 0 aromatic heterocycles. The number of rotatable bonds is 10. The van der Waals surface area contributed by atoms with Crippen LogP contribution >= 0.6 is 11.8 Å². The summed E-state index contributed by atoms with van der Waals surface area (Å²) in [5.74, 6) is -2.94. The number of fused-ring (bicyclic) bond motifs is 1. The number of aliphatic imine (C=N–C) groups is 1. The molecule has 5 rings (SSSR count). The van der Waals surface area contributed by atoms with Crippen molar-refractivity contribution in [2.24, 2.45) is 4.99 Å². The lowest BCUT2D eigenvalue weighted by atomic mass is 10.0. The SMILES string of the molecule is CC(=O)OCC1=C(C(=O)OC(c2ccccc2)c2ccccc2)N2C(=O)[C@@](N=Cc3ccc([N+](=O)[O-])cc3)(S(=O)(=O)O)[C@H]2SC1. The maximum absolute atomic E-state index is 13.9. The van der Waals surface area contributed by atoms with Crippen molar-refractivity contribution in [2.45, 2.75) is 23.3 Å². The number of carbonyl (C=O) groups is 3. The number of nitro groups is 1. The minimum absolute atomic E-state index is 0.0716. The second kappa shape index (κ2) is 12.6. The molecule has 2 aliphatic rings. The molecule has 3 aromatic carbocycles. The topological polar surface area (TPSA) is 183 Å². The van der Waals surface area contributed by atoms with Crippen molar-refractivity contribution in [1.29, 1.82) is 0 Å². The molecule has 1 saturated heterocycles. The first-order valence-corrected chi connectivity index (χ1v) is 15.8. The lowest BCUT2D eigenvalue weighted by Crippen LogP contribution is -2.75.